The number of aromatic nitrogens is 7. The van der Waals surface area contributed by atoms with Gasteiger partial charge in [0, 0.05) is 16.5 Å². The first-order valence-electron chi connectivity index (χ1n) is 13.1. The molecule has 0 unspecified atom stereocenters. The summed E-state index contributed by atoms with van der Waals surface area (Å²) >= 11 is 5.77. The standard InChI is InChI=1S/C24H13ClF2N10O12S3/c25-16-19(26)29-23(27)30-20(16)28-7-3-9-12(50(41,42)43)6-11-17(15(9)14(4-7)52(47,48)49)36-37(35-11)8-1-2-10(13(5-8)51(44,45)46)33-34-18-21(38)31-24(40)32-22(18)39/h1-6H,(H,28,29,30)(H,41,42,43)(H,44,45,46)(H,47,48,49)(H3,31,32,38,39,40). The summed E-state index contributed by atoms with van der Waals surface area (Å²) < 4.78 is 133. The molecular formula is C24H13ClF2N10O12S3. The molecule has 6 aromatic rings. The van der Waals surface area contributed by atoms with Gasteiger partial charge in [0.1, 0.15) is 36.4 Å². The molecule has 0 aliphatic carbocycles. The number of halogens is 3. The second-order valence-electron chi connectivity index (χ2n) is 10.00. The second-order valence-corrected chi connectivity index (χ2v) is 14.5. The SMILES string of the molecule is O=S(=O)(O)c1cc(-n2nc3cc(S(=O)(=O)O)c4cc(Nc5nc(F)nc(F)c5Cl)cc(S(=O)(=O)O)c4c3n2)ccc1N=Nc1c(O)nc(O)nc1O. The fourth-order valence-electron chi connectivity index (χ4n) is 4.60. The number of hydrogen-bond acceptors (Lipinski definition) is 18. The average molecular weight is 803 g/mol. The van der Waals surface area contributed by atoms with Crippen LogP contribution in [0.25, 0.3) is 27.5 Å². The van der Waals surface area contributed by atoms with E-state index in [0.717, 1.165) is 30.3 Å². The lowest BCUT2D eigenvalue weighted by atomic mass is 10.1. The Hall–Kier alpha value is -5.84. The van der Waals surface area contributed by atoms with Crippen LogP contribution in [-0.2, 0) is 30.4 Å². The van der Waals surface area contributed by atoms with Gasteiger partial charge in [0.05, 0.1) is 5.69 Å². The van der Waals surface area contributed by atoms with Crippen LogP contribution in [0.15, 0.2) is 61.3 Å². The van der Waals surface area contributed by atoms with E-state index in [4.69, 9.17) is 11.6 Å². The number of anilines is 2. The van der Waals surface area contributed by atoms with Gasteiger partial charge in [-0.2, -0.15) is 58.8 Å². The number of hydrogen-bond donors (Lipinski definition) is 7. The molecule has 0 bridgehead atoms. The van der Waals surface area contributed by atoms with Crippen LogP contribution in [0.2, 0.25) is 5.02 Å². The zero-order chi connectivity index (χ0) is 38.1. The first-order chi connectivity index (χ1) is 24.1. The molecule has 0 radical (unpaired) electrons. The maximum atomic E-state index is 13.9. The molecule has 0 saturated carbocycles. The Labute approximate surface area is 291 Å². The van der Waals surface area contributed by atoms with Crippen molar-refractivity contribution in [1.82, 2.24) is 34.9 Å². The smallest absolute Gasteiger partial charge is 0.320 e. The van der Waals surface area contributed by atoms with Crippen molar-refractivity contribution in [3.8, 4) is 23.5 Å². The monoisotopic (exact) mass is 802 g/mol. The second kappa shape index (κ2) is 12.4. The van der Waals surface area contributed by atoms with Crippen molar-refractivity contribution in [3.63, 3.8) is 0 Å². The molecule has 0 aliphatic rings. The van der Waals surface area contributed by atoms with Crippen LogP contribution in [0.3, 0.4) is 0 Å². The van der Waals surface area contributed by atoms with Crippen LogP contribution in [0, 0.1) is 12.0 Å². The lowest BCUT2D eigenvalue weighted by molar-refractivity contribution is 0.373. The number of benzene rings is 3. The predicted molar refractivity (Wildman–Crippen MR) is 167 cm³/mol. The van der Waals surface area contributed by atoms with E-state index in [1.165, 1.54) is 0 Å². The maximum Gasteiger partial charge on any atom is 0.320 e. The molecule has 6 rings (SSSR count). The fourth-order valence-corrected chi connectivity index (χ4v) is 6.81. The summed E-state index contributed by atoms with van der Waals surface area (Å²) in [7, 11) is -15.8. The van der Waals surface area contributed by atoms with Crippen LogP contribution < -0.4 is 5.32 Å². The van der Waals surface area contributed by atoms with Gasteiger partial charge in [0.25, 0.3) is 30.4 Å². The molecule has 3 heterocycles. The van der Waals surface area contributed by atoms with Crippen molar-refractivity contribution in [2.45, 2.75) is 14.7 Å². The van der Waals surface area contributed by atoms with Crippen LogP contribution in [-0.4, -0.2) is 89.2 Å². The highest BCUT2D eigenvalue weighted by atomic mass is 35.5. The van der Waals surface area contributed by atoms with E-state index >= 15 is 0 Å². The lowest BCUT2D eigenvalue weighted by Gasteiger charge is -2.13. The number of fused-ring (bicyclic) bond motifs is 3. The van der Waals surface area contributed by atoms with Crippen LogP contribution >= 0.6 is 11.6 Å². The lowest BCUT2D eigenvalue weighted by Crippen LogP contribution is -2.06. The van der Waals surface area contributed by atoms with Crippen LogP contribution in [0.5, 0.6) is 17.8 Å². The minimum absolute atomic E-state index is 0.322. The molecule has 270 valence electrons. The molecular weight excluding hydrogens is 790 g/mol. The zero-order valence-corrected chi connectivity index (χ0v) is 27.7. The number of aromatic hydroxyl groups is 3. The first kappa shape index (κ1) is 36.0. The third-order valence-corrected chi connectivity index (χ3v) is 9.65. The van der Waals surface area contributed by atoms with Gasteiger partial charge in [0.15, 0.2) is 5.82 Å². The van der Waals surface area contributed by atoms with Crippen molar-refractivity contribution < 1.29 is 63.0 Å². The minimum Gasteiger partial charge on any atom is -0.491 e. The normalized spacial score (nSPS) is 12.7. The highest BCUT2D eigenvalue weighted by Gasteiger charge is 2.28. The third-order valence-electron chi connectivity index (χ3n) is 6.66. The largest absolute Gasteiger partial charge is 0.491 e. The fraction of sp³-hybridized carbons (Fsp3) is 0. The quantitative estimate of drug-likeness (QED) is 0.0503. The average Bonchev–Trinajstić information content (AvgIpc) is 3.45. The Morgan fingerprint density at radius 3 is 2.00 bits per heavy atom. The zero-order valence-electron chi connectivity index (χ0n) is 24.5. The summed E-state index contributed by atoms with van der Waals surface area (Å²) in [5.41, 5.74) is -3.18. The molecule has 3 aromatic heterocycles. The van der Waals surface area contributed by atoms with E-state index in [0.29, 0.717) is 10.9 Å². The van der Waals surface area contributed by atoms with Gasteiger partial charge in [0.2, 0.25) is 23.4 Å². The maximum absolute atomic E-state index is 13.9. The highest BCUT2D eigenvalue weighted by Crippen LogP contribution is 2.39. The van der Waals surface area contributed by atoms with Crippen LogP contribution in [0.1, 0.15) is 0 Å². The Bertz CT molecular complexity index is 2870. The van der Waals surface area contributed by atoms with Crippen molar-refractivity contribution in [2.75, 3.05) is 5.32 Å². The summed E-state index contributed by atoms with van der Waals surface area (Å²) in [5.74, 6) is -4.40. The van der Waals surface area contributed by atoms with Crippen molar-refractivity contribution >= 4 is 86.6 Å². The first-order valence-corrected chi connectivity index (χ1v) is 17.8. The van der Waals surface area contributed by atoms with Gasteiger partial charge in [-0.3, -0.25) is 13.7 Å². The molecule has 0 atom stereocenters. The molecule has 0 fully saturated rings. The van der Waals surface area contributed by atoms with Gasteiger partial charge >= 0.3 is 12.1 Å². The third kappa shape index (κ3) is 6.78. The number of nitrogens with zero attached hydrogens (tertiary/aromatic N) is 9. The van der Waals surface area contributed by atoms with Gasteiger partial charge in [-0.15, -0.1) is 20.4 Å². The number of rotatable bonds is 8. The van der Waals surface area contributed by atoms with E-state index in [9.17, 15) is 63.0 Å². The molecule has 0 amide bonds. The van der Waals surface area contributed by atoms with E-state index in [1.54, 1.807) is 0 Å². The van der Waals surface area contributed by atoms with Gasteiger partial charge < -0.3 is 20.6 Å². The van der Waals surface area contributed by atoms with Crippen molar-refractivity contribution in [3.05, 3.63) is 53.4 Å². The molecule has 52 heavy (non-hydrogen) atoms. The molecule has 0 saturated heterocycles. The van der Waals surface area contributed by atoms with Crippen molar-refractivity contribution in [2.24, 2.45) is 10.2 Å². The van der Waals surface area contributed by atoms with E-state index < -0.39 is 125 Å². The number of azo groups is 1. The molecule has 0 aliphatic heterocycles. The van der Waals surface area contributed by atoms with E-state index in [2.05, 4.69) is 45.7 Å². The Kier molecular flexibility index (Phi) is 8.60. The molecule has 7 N–H and O–H groups in total. The Balaban J connectivity index is 1.57. The summed E-state index contributed by atoms with van der Waals surface area (Å²) in [4.78, 5) is 9.86. The summed E-state index contributed by atoms with van der Waals surface area (Å²) in [6, 6.07) is 3.92. The molecule has 0 spiro atoms. The highest BCUT2D eigenvalue weighted by molar-refractivity contribution is 7.86. The summed E-state index contributed by atoms with van der Waals surface area (Å²) in [6.45, 7) is 0. The predicted octanol–water partition coefficient (Wildman–Crippen LogP) is 3.10. The topological polar surface area (TPSA) is 343 Å². The van der Waals surface area contributed by atoms with Gasteiger partial charge in [-0.1, -0.05) is 11.6 Å². The minimum atomic E-state index is -5.35. The Morgan fingerprint density at radius 2 is 1.38 bits per heavy atom. The van der Waals surface area contributed by atoms with E-state index in [1.807, 2.05) is 0 Å². The molecule has 3 aromatic carbocycles. The Morgan fingerprint density at radius 1 is 0.750 bits per heavy atom. The summed E-state index contributed by atoms with van der Waals surface area (Å²) in [6.07, 6.45) is -1.60. The summed E-state index contributed by atoms with van der Waals surface area (Å²) in [5, 5.41) is 44.0. The van der Waals surface area contributed by atoms with Crippen LogP contribution in [0.4, 0.5) is 31.7 Å². The molecule has 22 nitrogen and oxygen atoms in total. The number of nitrogens with one attached hydrogen (secondary N) is 1. The van der Waals surface area contributed by atoms with Gasteiger partial charge in [-0.05, 0) is 36.4 Å². The van der Waals surface area contributed by atoms with Crippen molar-refractivity contribution in [1.29, 1.82) is 0 Å². The van der Waals surface area contributed by atoms with Gasteiger partial charge in [-0.25, -0.2) is 0 Å². The molecule has 28 heteroatoms. The van der Waals surface area contributed by atoms with E-state index in [-0.39, 0.29) is 5.69 Å².